The molecule has 0 fully saturated rings. The zero-order chi connectivity index (χ0) is 21.6. The lowest BCUT2D eigenvalue weighted by molar-refractivity contribution is -0.140. The average Bonchev–Trinajstić information content (AvgIpc) is 2.67. The maximum Gasteiger partial charge on any atom is 0.237 e. The fourth-order valence-corrected chi connectivity index (χ4v) is 3.48. The molecule has 29 heavy (non-hydrogen) atoms. The van der Waals surface area contributed by atoms with Crippen molar-refractivity contribution in [2.24, 2.45) is 16.1 Å². The molecule has 2 aromatic rings. The Bertz CT molecular complexity index is 1010. The Balaban J connectivity index is 2.11. The van der Waals surface area contributed by atoms with Gasteiger partial charge in [0.25, 0.3) is 0 Å². The van der Waals surface area contributed by atoms with Gasteiger partial charge in [-0.25, -0.2) is 13.8 Å². The molecule has 1 heterocycles. The molecule has 2 aromatic carbocycles. The van der Waals surface area contributed by atoms with Gasteiger partial charge in [-0.3, -0.25) is 9.69 Å². The maximum atomic E-state index is 14.9. The number of ether oxygens (including phenoxy) is 1. The molecular weight excluding hydrogens is 378 g/mol. The van der Waals surface area contributed by atoms with Crippen LogP contribution in [0.25, 0.3) is 0 Å². The number of carbonyl (C=O) groups excluding carboxylic acids is 1. The Morgan fingerprint density at radius 3 is 2.48 bits per heavy atom. The molecule has 0 radical (unpaired) electrons. The number of methoxy groups -OCH3 is 1. The fourth-order valence-electron chi connectivity index (χ4n) is 3.48. The van der Waals surface area contributed by atoms with Crippen LogP contribution in [0.1, 0.15) is 26.3 Å². The van der Waals surface area contributed by atoms with E-state index in [4.69, 9.17) is 10.5 Å². The molecule has 0 spiro atoms. The molecule has 1 aliphatic rings. The van der Waals surface area contributed by atoms with Crippen LogP contribution in [0.4, 0.5) is 20.2 Å². The summed E-state index contributed by atoms with van der Waals surface area (Å²) in [4.78, 5) is 18.6. The highest BCUT2D eigenvalue weighted by Gasteiger charge is 2.53. The molecule has 0 bridgehead atoms. The lowest BCUT2D eigenvalue weighted by Crippen LogP contribution is -2.58. The molecule has 1 atom stereocenters. The predicted octanol–water partition coefficient (Wildman–Crippen LogP) is 3.75. The molecule has 0 saturated heterocycles. The topological polar surface area (TPSA) is 80.0 Å². The molecule has 0 saturated carbocycles. The van der Waals surface area contributed by atoms with Crippen LogP contribution in [0.3, 0.4) is 0 Å². The normalized spacial score (nSPS) is 21.0. The largest absolute Gasteiger partial charge is 0.495 e. The summed E-state index contributed by atoms with van der Waals surface area (Å²) in [5.74, 6) is -0.785. The Morgan fingerprint density at radius 1 is 1.14 bits per heavy atom. The van der Waals surface area contributed by atoms with Crippen LogP contribution >= 0.6 is 0 Å². The Kier molecular flexibility index (Phi) is 4.98. The molecule has 1 amide bonds. The van der Waals surface area contributed by atoms with Gasteiger partial charge in [0.05, 0.1) is 18.2 Å². The van der Waals surface area contributed by atoms with Crippen molar-refractivity contribution in [3.05, 3.63) is 53.6 Å². The third kappa shape index (κ3) is 3.28. The summed E-state index contributed by atoms with van der Waals surface area (Å²) in [5, 5.41) is 3.04. The minimum absolute atomic E-state index is 0.0152. The number of nitrogens with two attached hydrogens (primary N) is 1. The Morgan fingerprint density at radius 2 is 1.83 bits per heavy atom. The van der Waals surface area contributed by atoms with Crippen molar-refractivity contribution in [2.75, 3.05) is 19.5 Å². The Hall–Kier alpha value is -3.16. The van der Waals surface area contributed by atoms with Crippen molar-refractivity contribution in [3.63, 3.8) is 0 Å². The summed E-state index contributed by atoms with van der Waals surface area (Å²) in [6, 6.07) is 8.40. The number of nitrogens with one attached hydrogen (secondary N) is 1. The zero-order valence-corrected chi connectivity index (χ0v) is 17.0. The molecule has 3 rings (SSSR count). The first kappa shape index (κ1) is 20.6. The summed E-state index contributed by atoms with van der Waals surface area (Å²) in [6.45, 7) is 5.09. The zero-order valence-electron chi connectivity index (χ0n) is 17.0. The van der Waals surface area contributed by atoms with E-state index in [-0.39, 0.29) is 17.4 Å². The lowest BCUT2D eigenvalue weighted by atomic mass is 9.67. The van der Waals surface area contributed by atoms with Crippen molar-refractivity contribution in [3.8, 4) is 5.75 Å². The van der Waals surface area contributed by atoms with Crippen LogP contribution in [-0.2, 0) is 10.3 Å². The van der Waals surface area contributed by atoms with Gasteiger partial charge < -0.3 is 15.8 Å². The minimum atomic E-state index is -1.24. The van der Waals surface area contributed by atoms with Gasteiger partial charge in [0.1, 0.15) is 22.9 Å². The lowest BCUT2D eigenvalue weighted by Gasteiger charge is -2.46. The highest BCUT2D eigenvalue weighted by atomic mass is 19.1. The van der Waals surface area contributed by atoms with Crippen LogP contribution in [-0.4, -0.2) is 30.9 Å². The minimum Gasteiger partial charge on any atom is -0.495 e. The van der Waals surface area contributed by atoms with Crippen molar-refractivity contribution in [1.29, 1.82) is 0 Å². The summed E-state index contributed by atoms with van der Waals surface area (Å²) >= 11 is 0. The standard InChI is InChI=1S/C21H24F2N4O2/c1-20(2)18(28)27(4)19(24)26-21(20,3)14-11-13(7-8-15(14)23)25-16-10-12(22)6-9-17(16)29-5/h6-11,25H,1-5H3,(H2,24,26). The maximum absolute atomic E-state index is 14.9. The van der Waals surface area contributed by atoms with Gasteiger partial charge in [0.2, 0.25) is 5.91 Å². The molecule has 3 N–H and O–H groups in total. The van der Waals surface area contributed by atoms with Crippen molar-refractivity contribution < 1.29 is 18.3 Å². The first-order valence-electron chi connectivity index (χ1n) is 9.05. The van der Waals surface area contributed by atoms with Gasteiger partial charge in [-0.15, -0.1) is 0 Å². The monoisotopic (exact) mass is 402 g/mol. The summed E-state index contributed by atoms with van der Waals surface area (Å²) in [6.07, 6.45) is 0. The smallest absolute Gasteiger partial charge is 0.237 e. The van der Waals surface area contributed by atoms with E-state index in [2.05, 4.69) is 10.3 Å². The highest BCUT2D eigenvalue weighted by Crippen LogP contribution is 2.48. The van der Waals surface area contributed by atoms with Gasteiger partial charge in [-0.1, -0.05) is 0 Å². The van der Waals surface area contributed by atoms with Crippen molar-refractivity contribution in [2.45, 2.75) is 26.3 Å². The SMILES string of the molecule is COc1ccc(F)cc1Nc1ccc(F)c(C2(C)N=C(N)N(C)C(=O)C2(C)C)c1. The third-order valence-corrected chi connectivity index (χ3v) is 5.67. The number of aliphatic imine (C=N–C) groups is 1. The molecule has 1 aliphatic heterocycles. The number of hydrogen-bond acceptors (Lipinski definition) is 5. The van der Waals surface area contributed by atoms with E-state index >= 15 is 0 Å². The van der Waals surface area contributed by atoms with Gasteiger partial charge in [0, 0.05) is 24.4 Å². The second-order valence-corrected chi connectivity index (χ2v) is 7.70. The predicted molar refractivity (Wildman–Crippen MR) is 108 cm³/mol. The molecule has 0 aliphatic carbocycles. The van der Waals surface area contributed by atoms with Gasteiger partial charge in [-0.05, 0) is 51.1 Å². The summed E-state index contributed by atoms with van der Waals surface area (Å²) < 4.78 is 33.8. The number of guanidine groups is 1. The number of amides is 1. The van der Waals surface area contributed by atoms with E-state index in [0.717, 1.165) is 0 Å². The van der Waals surface area contributed by atoms with E-state index < -0.39 is 22.6 Å². The third-order valence-electron chi connectivity index (χ3n) is 5.67. The van der Waals surface area contributed by atoms with Gasteiger partial charge in [-0.2, -0.15) is 0 Å². The molecule has 8 heteroatoms. The van der Waals surface area contributed by atoms with Gasteiger partial charge >= 0.3 is 0 Å². The van der Waals surface area contributed by atoms with E-state index in [1.54, 1.807) is 26.8 Å². The number of carbonyl (C=O) groups is 1. The van der Waals surface area contributed by atoms with Crippen LogP contribution in [0.5, 0.6) is 5.75 Å². The first-order chi connectivity index (χ1) is 13.5. The number of rotatable bonds is 4. The van der Waals surface area contributed by atoms with Gasteiger partial charge in [0.15, 0.2) is 5.96 Å². The Labute approximate surface area is 168 Å². The molecular formula is C21H24F2N4O2. The van der Waals surface area contributed by atoms with E-state index in [9.17, 15) is 13.6 Å². The number of benzene rings is 2. The quantitative estimate of drug-likeness (QED) is 0.816. The average molecular weight is 402 g/mol. The number of anilines is 2. The first-order valence-corrected chi connectivity index (χ1v) is 9.05. The van der Waals surface area contributed by atoms with Crippen LogP contribution in [0.2, 0.25) is 0 Å². The summed E-state index contributed by atoms with van der Waals surface area (Å²) in [7, 11) is 3.01. The number of halogens is 2. The number of hydrogen-bond donors (Lipinski definition) is 2. The van der Waals surface area contributed by atoms with E-state index in [0.29, 0.717) is 17.1 Å². The molecule has 6 nitrogen and oxygen atoms in total. The van der Waals surface area contributed by atoms with Crippen molar-refractivity contribution in [1.82, 2.24) is 4.90 Å². The second kappa shape index (κ2) is 7.02. The number of nitrogens with zero attached hydrogens (tertiary/aromatic N) is 2. The second-order valence-electron chi connectivity index (χ2n) is 7.70. The molecule has 1 unspecified atom stereocenters. The van der Waals surface area contributed by atoms with E-state index in [1.807, 2.05) is 0 Å². The van der Waals surface area contributed by atoms with Crippen molar-refractivity contribution >= 4 is 23.2 Å². The highest BCUT2D eigenvalue weighted by molar-refractivity contribution is 6.01. The molecule has 0 aromatic heterocycles. The van der Waals surface area contributed by atoms with Crippen LogP contribution < -0.4 is 15.8 Å². The fraction of sp³-hybridized carbons (Fsp3) is 0.333. The molecule has 154 valence electrons. The summed E-state index contributed by atoms with van der Waals surface area (Å²) in [5.41, 5.74) is 4.71. The van der Waals surface area contributed by atoms with Crippen LogP contribution in [0, 0.1) is 17.0 Å². The van der Waals surface area contributed by atoms with Crippen LogP contribution in [0.15, 0.2) is 41.4 Å². The van der Waals surface area contributed by atoms with E-state index in [1.165, 1.54) is 49.4 Å².